The van der Waals surface area contributed by atoms with Crippen LogP contribution in [0.2, 0.25) is 0 Å². The first kappa shape index (κ1) is 18.2. The van der Waals surface area contributed by atoms with Gasteiger partial charge < -0.3 is 9.84 Å². The third-order valence-electron chi connectivity index (χ3n) is 6.73. The molecule has 2 aliphatic rings. The molecular formula is C24H28O3. The van der Waals surface area contributed by atoms with Crippen molar-refractivity contribution in [3.8, 4) is 5.75 Å². The second-order valence-corrected chi connectivity index (χ2v) is 9.43. The molecule has 0 saturated heterocycles. The molecule has 0 bridgehead atoms. The molecule has 27 heavy (non-hydrogen) atoms. The zero-order valence-electron chi connectivity index (χ0n) is 17.0. The fourth-order valence-electron chi connectivity index (χ4n) is 4.84. The van der Waals surface area contributed by atoms with Gasteiger partial charge in [-0.15, -0.1) is 0 Å². The Labute approximate surface area is 161 Å². The standard InChI is InChI=1S/C24H28O3/c1-14(2)16-11-12-19-20(13-16)27-24(26)18-10-8-7-9-17(18)21(25)23(19,24)15(3)22(4,5)6/h7-15,26H,1-6H3. The highest BCUT2D eigenvalue weighted by Gasteiger charge is 2.73. The van der Waals surface area contributed by atoms with Crippen molar-refractivity contribution in [1.82, 2.24) is 0 Å². The number of hydrogen-bond donors (Lipinski definition) is 1. The van der Waals surface area contributed by atoms with Crippen LogP contribution in [0.25, 0.3) is 0 Å². The van der Waals surface area contributed by atoms with Crippen LogP contribution < -0.4 is 4.74 Å². The van der Waals surface area contributed by atoms with Crippen molar-refractivity contribution >= 4 is 5.78 Å². The van der Waals surface area contributed by atoms with Crippen molar-refractivity contribution in [2.24, 2.45) is 11.3 Å². The van der Waals surface area contributed by atoms with E-state index < -0.39 is 11.2 Å². The van der Waals surface area contributed by atoms with Crippen molar-refractivity contribution in [3.05, 3.63) is 64.7 Å². The second kappa shape index (κ2) is 5.45. The maximum Gasteiger partial charge on any atom is 0.253 e. The SMILES string of the molecule is CC(C)c1ccc2c(c1)OC1(O)c3ccccc3C(=O)C21C(C)C(C)(C)C. The monoisotopic (exact) mass is 364 g/mol. The van der Waals surface area contributed by atoms with Crippen molar-refractivity contribution in [3.63, 3.8) is 0 Å². The number of ketones is 1. The van der Waals surface area contributed by atoms with Crippen molar-refractivity contribution < 1.29 is 14.6 Å². The van der Waals surface area contributed by atoms with Crippen LogP contribution in [-0.2, 0) is 11.2 Å². The fraction of sp³-hybridized carbons (Fsp3) is 0.458. The van der Waals surface area contributed by atoms with Crippen LogP contribution in [0.15, 0.2) is 42.5 Å². The maximum atomic E-state index is 13.8. The number of aliphatic hydroxyl groups is 1. The Bertz CT molecular complexity index is 937. The molecule has 3 unspecified atom stereocenters. The minimum absolute atomic E-state index is 0.0425. The molecular weight excluding hydrogens is 336 g/mol. The van der Waals surface area contributed by atoms with E-state index in [0.717, 1.165) is 11.1 Å². The van der Waals surface area contributed by atoms with E-state index in [0.29, 0.717) is 22.8 Å². The van der Waals surface area contributed by atoms with Crippen molar-refractivity contribution in [2.75, 3.05) is 0 Å². The molecule has 1 heterocycles. The Morgan fingerprint density at radius 2 is 1.67 bits per heavy atom. The summed E-state index contributed by atoms with van der Waals surface area (Å²) in [7, 11) is 0. The summed E-state index contributed by atoms with van der Waals surface area (Å²) < 4.78 is 6.26. The average Bonchev–Trinajstić information content (AvgIpc) is 2.98. The number of fused-ring (bicyclic) bond motifs is 5. The Morgan fingerprint density at radius 1 is 1.00 bits per heavy atom. The lowest BCUT2D eigenvalue weighted by Crippen LogP contribution is -2.56. The zero-order chi connectivity index (χ0) is 19.8. The van der Waals surface area contributed by atoms with Crippen molar-refractivity contribution in [2.45, 2.75) is 58.7 Å². The molecule has 1 N–H and O–H groups in total. The molecule has 0 spiro atoms. The van der Waals surface area contributed by atoms with Gasteiger partial charge in [0, 0.05) is 16.7 Å². The Morgan fingerprint density at radius 3 is 2.30 bits per heavy atom. The Balaban J connectivity index is 2.05. The van der Waals surface area contributed by atoms with E-state index in [9.17, 15) is 9.90 Å². The molecule has 1 aliphatic carbocycles. The largest absolute Gasteiger partial charge is 0.456 e. The summed E-state index contributed by atoms with van der Waals surface area (Å²) in [5.41, 5.74) is 1.74. The second-order valence-electron chi connectivity index (χ2n) is 9.43. The van der Waals surface area contributed by atoms with Gasteiger partial charge in [-0.25, -0.2) is 0 Å². The molecule has 0 aromatic heterocycles. The molecule has 1 aliphatic heterocycles. The lowest BCUT2D eigenvalue weighted by Gasteiger charge is -2.44. The van der Waals surface area contributed by atoms with E-state index in [4.69, 9.17) is 4.74 Å². The van der Waals surface area contributed by atoms with Gasteiger partial charge >= 0.3 is 0 Å². The molecule has 0 amide bonds. The first-order valence-electron chi connectivity index (χ1n) is 9.75. The summed E-state index contributed by atoms with van der Waals surface area (Å²) in [5.74, 6) is -0.888. The number of rotatable bonds is 2. The molecule has 3 heteroatoms. The predicted octanol–water partition coefficient (Wildman–Crippen LogP) is 5.16. The lowest BCUT2D eigenvalue weighted by molar-refractivity contribution is -0.183. The minimum Gasteiger partial charge on any atom is -0.456 e. The highest BCUT2D eigenvalue weighted by molar-refractivity contribution is 6.11. The summed E-state index contributed by atoms with van der Waals surface area (Å²) >= 11 is 0. The third kappa shape index (κ3) is 2.09. The maximum absolute atomic E-state index is 13.8. The number of carbonyl (C=O) groups excluding carboxylic acids is 1. The smallest absolute Gasteiger partial charge is 0.253 e. The van der Waals surface area contributed by atoms with Gasteiger partial charge in [-0.05, 0) is 28.9 Å². The van der Waals surface area contributed by atoms with Crippen LogP contribution in [0.4, 0.5) is 0 Å². The highest BCUT2D eigenvalue weighted by Crippen LogP contribution is 2.65. The summed E-state index contributed by atoms with van der Waals surface area (Å²) in [4.78, 5) is 13.8. The predicted molar refractivity (Wildman–Crippen MR) is 106 cm³/mol. The Hall–Kier alpha value is -2.13. The molecule has 3 nitrogen and oxygen atoms in total. The number of ether oxygens (including phenoxy) is 1. The quantitative estimate of drug-likeness (QED) is 0.800. The molecule has 2 aromatic rings. The normalized spacial score (nSPS) is 27.2. The topological polar surface area (TPSA) is 46.5 Å². The van der Waals surface area contributed by atoms with E-state index in [1.165, 1.54) is 0 Å². The van der Waals surface area contributed by atoms with Crippen LogP contribution in [0.3, 0.4) is 0 Å². The van der Waals surface area contributed by atoms with E-state index in [-0.39, 0.29) is 17.1 Å². The number of Topliss-reactive ketones (excluding diaryl/α,β-unsaturated/α-hetero) is 1. The lowest BCUT2D eigenvalue weighted by atomic mass is 9.58. The first-order chi connectivity index (χ1) is 12.5. The van der Waals surface area contributed by atoms with Crippen LogP contribution in [0, 0.1) is 11.3 Å². The zero-order valence-corrected chi connectivity index (χ0v) is 17.0. The summed E-state index contributed by atoms with van der Waals surface area (Å²) in [6.45, 7) is 12.7. The summed E-state index contributed by atoms with van der Waals surface area (Å²) in [6.07, 6.45) is 0. The summed E-state index contributed by atoms with van der Waals surface area (Å²) in [5, 5.41) is 11.9. The Kier molecular flexibility index (Phi) is 3.68. The molecule has 0 saturated carbocycles. The molecule has 4 rings (SSSR count). The molecule has 142 valence electrons. The number of hydrogen-bond acceptors (Lipinski definition) is 3. The van der Waals surface area contributed by atoms with E-state index >= 15 is 0 Å². The van der Waals surface area contributed by atoms with E-state index in [2.05, 4.69) is 47.6 Å². The molecule has 0 radical (unpaired) electrons. The van der Waals surface area contributed by atoms with Crippen LogP contribution in [0.1, 0.15) is 74.5 Å². The first-order valence-corrected chi connectivity index (χ1v) is 9.75. The van der Waals surface area contributed by atoms with Crippen LogP contribution in [0.5, 0.6) is 5.75 Å². The van der Waals surface area contributed by atoms with Gasteiger partial charge in [-0.3, -0.25) is 4.79 Å². The van der Waals surface area contributed by atoms with Gasteiger partial charge in [0.2, 0.25) is 0 Å². The van der Waals surface area contributed by atoms with Gasteiger partial charge in [0.25, 0.3) is 5.79 Å². The van der Waals surface area contributed by atoms with E-state index in [1.54, 1.807) is 6.07 Å². The average molecular weight is 364 g/mol. The van der Waals surface area contributed by atoms with Crippen molar-refractivity contribution in [1.29, 1.82) is 0 Å². The molecule has 3 atom stereocenters. The van der Waals surface area contributed by atoms with Gasteiger partial charge in [0.05, 0.1) is 0 Å². The number of benzene rings is 2. The highest BCUT2D eigenvalue weighted by atomic mass is 16.6. The fourth-order valence-corrected chi connectivity index (χ4v) is 4.84. The molecule has 0 fully saturated rings. The van der Waals surface area contributed by atoms with Gasteiger partial charge in [0.1, 0.15) is 11.2 Å². The molecule has 2 aromatic carbocycles. The third-order valence-corrected chi connectivity index (χ3v) is 6.73. The van der Waals surface area contributed by atoms with Crippen LogP contribution in [-0.4, -0.2) is 10.9 Å². The van der Waals surface area contributed by atoms with Crippen LogP contribution >= 0.6 is 0 Å². The van der Waals surface area contributed by atoms with Gasteiger partial charge in [-0.2, -0.15) is 0 Å². The minimum atomic E-state index is -1.68. The number of carbonyl (C=O) groups is 1. The van der Waals surface area contributed by atoms with Gasteiger partial charge in [0.15, 0.2) is 5.78 Å². The van der Waals surface area contributed by atoms with Gasteiger partial charge in [-0.1, -0.05) is 77.9 Å². The summed E-state index contributed by atoms with van der Waals surface area (Å²) in [6, 6.07) is 13.4. The van der Waals surface area contributed by atoms with E-state index in [1.807, 2.05) is 30.3 Å².